The van der Waals surface area contributed by atoms with Crippen LogP contribution in [0.3, 0.4) is 0 Å². The van der Waals surface area contributed by atoms with Crippen molar-refractivity contribution in [2.24, 2.45) is 0 Å². The average Bonchev–Trinajstić information content (AvgIpc) is 3.06. The molecule has 3 heterocycles. The summed E-state index contributed by atoms with van der Waals surface area (Å²) in [5, 5.41) is 9.96. The van der Waals surface area contributed by atoms with Crippen LogP contribution >= 0.6 is 0 Å². The molecule has 2 aromatic heterocycles. The Hall–Kier alpha value is -2.17. The molecule has 2 atom stereocenters. The first-order valence-electron chi connectivity index (χ1n) is 6.66. The molecule has 3 aromatic rings. The van der Waals surface area contributed by atoms with Gasteiger partial charge in [-0.3, -0.25) is 0 Å². The lowest BCUT2D eigenvalue weighted by molar-refractivity contribution is -0.120. The summed E-state index contributed by atoms with van der Waals surface area (Å²) in [6.45, 7) is 0. The van der Waals surface area contributed by atoms with Crippen LogP contribution in [0, 0.1) is 0 Å². The molecule has 0 fully saturated rings. The van der Waals surface area contributed by atoms with Crippen LogP contribution in [-0.4, -0.2) is 14.5 Å². The number of aliphatic hydroxyl groups is 1. The smallest absolute Gasteiger partial charge is 0.182 e. The Morgan fingerprint density at radius 3 is 2.85 bits per heavy atom. The molecule has 1 N–H and O–H groups in total. The standard InChI is InChI=1S/C16H14N2O2/c19-16-13-6-2-1-5-12(13)14(20-16)10-11-4-3-8-18-9-7-17-15(11)18/h1-9,14,16,19H,10H2. The van der Waals surface area contributed by atoms with Gasteiger partial charge in [-0.1, -0.05) is 30.3 Å². The van der Waals surface area contributed by atoms with Crippen LogP contribution in [-0.2, 0) is 11.2 Å². The number of aromatic nitrogens is 2. The van der Waals surface area contributed by atoms with Crippen LogP contribution in [0.2, 0.25) is 0 Å². The van der Waals surface area contributed by atoms with Crippen LogP contribution in [0.25, 0.3) is 5.65 Å². The van der Waals surface area contributed by atoms with Gasteiger partial charge in [0.2, 0.25) is 0 Å². The Bertz CT molecular complexity index is 766. The van der Waals surface area contributed by atoms with E-state index < -0.39 is 6.29 Å². The maximum atomic E-state index is 9.96. The van der Waals surface area contributed by atoms with E-state index in [-0.39, 0.29) is 6.10 Å². The molecule has 1 aromatic carbocycles. The van der Waals surface area contributed by atoms with Gasteiger partial charge in [-0.25, -0.2) is 4.98 Å². The second-order valence-electron chi connectivity index (χ2n) is 5.00. The molecule has 4 heteroatoms. The lowest BCUT2D eigenvalue weighted by Crippen LogP contribution is -2.03. The number of benzene rings is 1. The SMILES string of the molecule is OC1OC(Cc2cccn3ccnc23)c2ccccc21. The Kier molecular flexibility index (Phi) is 2.58. The fourth-order valence-electron chi connectivity index (χ4n) is 2.86. The fraction of sp³-hybridized carbons (Fsp3) is 0.188. The first-order chi connectivity index (χ1) is 9.83. The molecule has 4 nitrogen and oxygen atoms in total. The summed E-state index contributed by atoms with van der Waals surface area (Å²) in [5.41, 5.74) is 3.99. The van der Waals surface area contributed by atoms with E-state index in [1.165, 1.54) is 0 Å². The zero-order chi connectivity index (χ0) is 13.5. The van der Waals surface area contributed by atoms with Crippen LogP contribution < -0.4 is 0 Å². The van der Waals surface area contributed by atoms with Crippen molar-refractivity contribution >= 4 is 5.65 Å². The maximum absolute atomic E-state index is 9.96. The molecule has 0 spiro atoms. The summed E-state index contributed by atoms with van der Waals surface area (Å²) in [5.74, 6) is 0. The highest BCUT2D eigenvalue weighted by Crippen LogP contribution is 2.39. The highest BCUT2D eigenvalue weighted by molar-refractivity contribution is 5.48. The summed E-state index contributed by atoms with van der Waals surface area (Å²) in [7, 11) is 0. The first kappa shape index (κ1) is 11.6. The van der Waals surface area contributed by atoms with E-state index in [2.05, 4.69) is 11.1 Å². The van der Waals surface area contributed by atoms with Gasteiger partial charge in [0.25, 0.3) is 0 Å². The molecule has 0 radical (unpaired) electrons. The second-order valence-corrected chi connectivity index (χ2v) is 5.00. The third-order valence-electron chi connectivity index (χ3n) is 3.81. The summed E-state index contributed by atoms with van der Waals surface area (Å²) < 4.78 is 7.67. The number of aliphatic hydroxyl groups excluding tert-OH is 1. The average molecular weight is 266 g/mol. The number of hydrogen-bond donors (Lipinski definition) is 1. The predicted molar refractivity (Wildman–Crippen MR) is 74.1 cm³/mol. The molecular weight excluding hydrogens is 252 g/mol. The lowest BCUT2D eigenvalue weighted by Gasteiger charge is -2.12. The monoisotopic (exact) mass is 266 g/mol. The maximum Gasteiger partial charge on any atom is 0.182 e. The third kappa shape index (κ3) is 1.73. The van der Waals surface area contributed by atoms with Crippen molar-refractivity contribution < 1.29 is 9.84 Å². The van der Waals surface area contributed by atoms with Crippen LogP contribution in [0.1, 0.15) is 29.1 Å². The molecule has 0 bridgehead atoms. The minimum atomic E-state index is -0.823. The molecule has 0 saturated carbocycles. The summed E-state index contributed by atoms with van der Waals surface area (Å²) in [6.07, 6.45) is 5.45. The van der Waals surface area contributed by atoms with Gasteiger partial charge in [0.15, 0.2) is 6.29 Å². The van der Waals surface area contributed by atoms with Gasteiger partial charge in [-0.05, 0) is 17.2 Å². The minimum absolute atomic E-state index is 0.121. The molecule has 100 valence electrons. The van der Waals surface area contributed by atoms with Crippen molar-refractivity contribution in [1.82, 2.24) is 9.38 Å². The highest BCUT2D eigenvalue weighted by Gasteiger charge is 2.30. The van der Waals surface area contributed by atoms with Gasteiger partial charge in [0, 0.05) is 30.6 Å². The molecule has 20 heavy (non-hydrogen) atoms. The number of fused-ring (bicyclic) bond motifs is 2. The van der Waals surface area contributed by atoms with Gasteiger partial charge >= 0.3 is 0 Å². The third-order valence-corrected chi connectivity index (χ3v) is 3.81. The van der Waals surface area contributed by atoms with Gasteiger partial charge < -0.3 is 14.2 Å². The summed E-state index contributed by atoms with van der Waals surface area (Å²) in [6, 6.07) is 11.9. The zero-order valence-corrected chi connectivity index (χ0v) is 10.8. The van der Waals surface area contributed by atoms with E-state index in [9.17, 15) is 5.11 Å². The number of rotatable bonds is 2. The molecule has 4 rings (SSSR count). The number of pyridine rings is 1. The lowest BCUT2D eigenvalue weighted by atomic mass is 10.00. The molecule has 2 unspecified atom stereocenters. The van der Waals surface area contributed by atoms with Crippen LogP contribution in [0.4, 0.5) is 0 Å². The number of hydrogen-bond acceptors (Lipinski definition) is 3. The predicted octanol–water partition coefficient (Wildman–Crippen LogP) is 2.64. The number of nitrogens with zero attached hydrogens (tertiary/aromatic N) is 2. The van der Waals surface area contributed by atoms with Gasteiger partial charge in [0.1, 0.15) is 5.65 Å². The van der Waals surface area contributed by atoms with Crippen molar-refractivity contribution in [3.63, 3.8) is 0 Å². The van der Waals surface area contributed by atoms with Crippen molar-refractivity contribution in [2.45, 2.75) is 18.8 Å². The molecule has 0 saturated heterocycles. The molecule has 1 aliphatic rings. The Morgan fingerprint density at radius 2 is 1.95 bits per heavy atom. The zero-order valence-electron chi connectivity index (χ0n) is 10.8. The van der Waals surface area contributed by atoms with E-state index in [4.69, 9.17) is 4.74 Å². The van der Waals surface area contributed by atoms with Crippen molar-refractivity contribution in [3.05, 3.63) is 71.7 Å². The summed E-state index contributed by atoms with van der Waals surface area (Å²) in [4.78, 5) is 4.38. The van der Waals surface area contributed by atoms with Crippen LogP contribution in [0.15, 0.2) is 55.0 Å². The Labute approximate surface area is 116 Å². The quantitative estimate of drug-likeness (QED) is 0.775. The van der Waals surface area contributed by atoms with Crippen molar-refractivity contribution in [2.75, 3.05) is 0 Å². The molecule has 0 aliphatic carbocycles. The number of imidazole rings is 1. The number of ether oxygens (including phenoxy) is 1. The topological polar surface area (TPSA) is 46.8 Å². The summed E-state index contributed by atoms with van der Waals surface area (Å²) >= 11 is 0. The molecule has 0 amide bonds. The largest absolute Gasteiger partial charge is 0.364 e. The van der Waals surface area contributed by atoms with Gasteiger partial charge in [0.05, 0.1) is 6.10 Å². The van der Waals surface area contributed by atoms with E-state index in [0.29, 0.717) is 6.42 Å². The van der Waals surface area contributed by atoms with E-state index in [0.717, 1.165) is 22.3 Å². The Balaban J connectivity index is 1.72. The second kappa shape index (κ2) is 4.44. The highest BCUT2D eigenvalue weighted by atomic mass is 16.6. The normalized spacial score (nSPS) is 21.2. The van der Waals surface area contributed by atoms with Crippen molar-refractivity contribution in [1.29, 1.82) is 0 Å². The first-order valence-corrected chi connectivity index (χ1v) is 6.66. The van der Waals surface area contributed by atoms with E-state index in [1.54, 1.807) is 6.20 Å². The minimum Gasteiger partial charge on any atom is -0.364 e. The van der Waals surface area contributed by atoms with Gasteiger partial charge in [-0.2, -0.15) is 0 Å². The Morgan fingerprint density at radius 1 is 1.10 bits per heavy atom. The molecule has 1 aliphatic heterocycles. The van der Waals surface area contributed by atoms with E-state index >= 15 is 0 Å². The van der Waals surface area contributed by atoms with Crippen molar-refractivity contribution in [3.8, 4) is 0 Å². The molecular formula is C16H14N2O2. The van der Waals surface area contributed by atoms with E-state index in [1.807, 2.05) is 47.1 Å². The van der Waals surface area contributed by atoms with Crippen LogP contribution in [0.5, 0.6) is 0 Å². The van der Waals surface area contributed by atoms with Gasteiger partial charge in [-0.15, -0.1) is 0 Å². The fourth-order valence-corrected chi connectivity index (χ4v) is 2.86.